The highest BCUT2D eigenvalue weighted by atomic mass is 35.5. The molecule has 25 heavy (non-hydrogen) atoms. The summed E-state index contributed by atoms with van der Waals surface area (Å²) in [5.74, 6) is 0. The van der Waals surface area contributed by atoms with E-state index in [1.54, 1.807) is 30.7 Å². The van der Waals surface area contributed by atoms with Gasteiger partial charge in [0.15, 0.2) is 0 Å². The van der Waals surface area contributed by atoms with Gasteiger partial charge in [0.05, 0.1) is 22.5 Å². The Kier molecular flexibility index (Phi) is 5.76. The molecule has 0 saturated carbocycles. The quantitative estimate of drug-likeness (QED) is 0.670. The van der Waals surface area contributed by atoms with E-state index in [2.05, 4.69) is 4.98 Å². The molecule has 0 saturated heterocycles. The van der Waals surface area contributed by atoms with Crippen molar-refractivity contribution in [2.75, 3.05) is 0 Å². The van der Waals surface area contributed by atoms with Crippen LogP contribution in [0.1, 0.15) is 35.3 Å². The molecule has 3 aromatic rings. The van der Waals surface area contributed by atoms with E-state index < -0.39 is 12.2 Å². The molecule has 1 aromatic heterocycles. The number of hydrogen-bond acceptors (Lipinski definition) is 3. The fourth-order valence-electron chi connectivity index (χ4n) is 2.67. The summed E-state index contributed by atoms with van der Waals surface area (Å²) >= 11 is 11.9. The van der Waals surface area contributed by atoms with Gasteiger partial charge in [-0.25, -0.2) is 4.98 Å². The lowest BCUT2D eigenvalue weighted by Crippen LogP contribution is -2.05. The second-order valence-corrected chi connectivity index (χ2v) is 6.67. The van der Waals surface area contributed by atoms with Crippen molar-refractivity contribution in [2.24, 2.45) is 0 Å². The smallest absolute Gasteiger partial charge is 0.104 e. The van der Waals surface area contributed by atoms with Crippen molar-refractivity contribution in [3.63, 3.8) is 0 Å². The standard InChI is InChI=1S/C19H18Cl2N2O2/c20-16-5-4-15(11-17(16)21)19(25)14-3-1-2-13(10-14)18(24)6-8-23-9-7-22-12-23/h1-5,7,9-12,18-19,24-25H,6,8H2. The van der Waals surface area contributed by atoms with E-state index in [-0.39, 0.29) is 0 Å². The second kappa shape index (κ2) is 8.02. The molecule has 0 radical (unpaired) electrons. The van der Waals surface area contributed by atoms with E-state index in [0.717, 1.165) is 5.56 Å². The molecule has 130 valence electrons. The van der Waals surface area contributed by atoms with Gasteiger partial charge in [-0.2, -0.15) is 0 Å². The maximum atomic E-state index is 10.6. The van der Waals surface area contributed by atoms with Crippen LogP contribution in [-0.2, 0) is 6.54 Å². The number of halogens is 2. The lowest BCUT2D eigenvalue weighted by Gasteiger charge is -2.16. The molecule has 1 heterocycles. The Morgan fingerprint density at radius 2 is 1.72 bits per heavy atom. The minimum Gasteiger partial charge on any atom is -0.388 e. The molecule has 2 unspecified atom stereocenters. The minimum atomic E-state index is -0.837. The van der Waals surface area contributed by atoms with Gasteiger partial charge in [-0.05, 0) is 35.2 Å². The maximum Gasteiger partial charge on any atom is 0.104 e. The van der Waals surface area contributed by atoms with Gasteiger partial charge in [0.2, 0.25) is 0 Å². The number of nitrogens with zero attached hydrogens (tertiary/aromatic N) is 2. The van der Waals surface area contributed by atoms with Gasteiger partial charge in [0, 0.05) is 18.9 Å². The van der Waals surface area contributed by atoms with E-state index in [9.17, 15) is 10.2 Å². The Hall–Kier alpha value is -1.85. The highest BCUT2D eigenvalue weighted by Crippen LogP contribution is 2.30. The number of aryl methyl sites for hydroxylation is 1. The first-order valence-electron chi connectivity index (χ1n) is 7.91. The van der Waals surface area contributed by atoms with E-state index in [4.69, 9.17) is 23.2 Å². The predicted molar refractivity (Wildman–Crippen MR) is 98.8 cm³/mol. The van der Waals surface area contributed by atoms with Crippen LogP contribution in [0, 0.1) is 0 Å². The Morgan fingerprint density at radius 3 is 2.44 bits per heavy atom. The molecule has 0 spiro atoms. The summed E-state index contributed by atoms with van der Waals surface area (Å²) in [5.41, 5.74) is 2.11. The molecule has 3 rings (SSSR count). The first kappa shape index (κ1) is 18.0. The van der Waals surface area contributed by atoms with Crippen LogP contribution in [0.15, 0.2) is 61.2 Å². The van der Waals surface area contributed by atoms with E-state index >= 15 is 0 Å². The van der Waals surface area contributed by atoms with Crippen LogP contribution >= 0.6 is 23.2 Å². The van der Waals surface area contributed by atoms with Crippen molar-refractivity contribution in [3.8, 4) is 0 Å². The summed E-state index contributed by atoms with van der Waals surface area (Å²) in [5, 5.41) is 21.9. The predicted octanol–water partition coefficient (Wildman–Crippen LogP) is 4.40. The largest absolute Gasteiger partial charge is 0.388 e. The molecular formula is C19H18Cl2N2O2. The van der Waals surface area contributed by atoms with E-state index in [1.165, 1.54) is 0 Å². The third-order valence-electron chi connectivity index (χ3n) is 4.09. The lowest BCUT2D eigenvalue weighted by molar-refractivity contribution is 0.160. The molecule has 0 amide bonds. The zero-order valence-electron chi connectivity index (χ0n) is 13.4. The molecule has 6 heteroatoms. The lowest BCUT2D eigenvalue weighted by atomic mass is 9.97. The van der Waals surface area contributed by atoms with Crippen LogP contribution in [0.3, 0.4) is 0 Å². The Balaban J connectivity index is 1.74. The summed E-state index contributed by atoms with van der Waals surface area (Å²) < 4.78 is 1.91. The van der Waals surface area contributed by atoms with Crippen molar-refractivity contribution >= 4 is 23.2 Å². The molecule has 0 bridgehead atoms. The highest BCUT2D eigenvalue weighted by molar-refractivity contribution is 6.42. The van der Waals surface area contributed by atoms with Crippen molar-refractivity contribution in [3.05, 3.63) is 87.9 Å². The zero-order valence-corrected chi connectivity index (χ0v) is 14.9. The maximum absolute atomic E-state index is 10.6. The topological polar surface area (TPSA) is 58.3 Å². The summed E-state index contributed by atoms with van der Waals surface area (Å²) in [6.07, 6.45) is 4.39. The minimum absolute atomic E-state index is 0.398. The van der Waals surface area contributed by atoms with E-state index in [0.29, 0.717) is 34.1 Å². The molecule has 2 N–H and O–H groups in total. The number of rotatable bonds is 6. The Morgan fingerprint density at radius 1 is 0.960 bits per heavy atom. The van der Waals surface area contributed by atoms with Crippen molar-refractivity contribution < 1.29 is 10.2 Å². The monoisotopic (exact) mass is 376 g/mol. The zero-order chi connectivity index (χ0) is 17.8. The SMILES string of the molecule is OC(CCn1ccnc1)c1cccc(C(O)c2ccc(Cl)c(Cl)c2)c1. The summed E-state index contributed by atoms with van der Waals surface area (Å²) in [4.78, 5) is 3.99. The van der Waals surface area contributed by atoms with Crippen molar-refractivity contribution in [2.45, 2.75) is 25.2 Å². The number of benzene rings is 2. The van der Waals surface area contributed by atoms with Crippen molar-refractivity contribution in [1.29, 1.82) is 0 Å². The molecule has 0 aliphatic heterocycles. The molecular weight excluding hydrogens is 359 g/mol. The Bertz CT molecular complexity index is 837. The van der Waals surface area contributed by atoms with Gasteiger partial charge in [0.1, 0.15) is 6.10 Å². The number of aliphatic hydroxyl groups is 2. The van der Waals surface area contributed by atoms with Gasteiger partial charge in [0.25, 0.3) is 0 Å². The fourth-order valence-corrected chi connectivity index (χ4v) is 2.97. The first-order valence-corrected chi connectivity index (χ1v) is 8.67. The van der Waals surface area contributed by atoms with Crippen LogP contribution < -0.4 is 0 Å². The molecule has 0 fully saturated rings. The molecule has 4 nitrogen and oxygen atoms in total. The number of imidazole rings is 1. The first-order chi connectivity index (χ1) is 12.0. The van der Waals surface area contributed by atoms with Crippen molar-refractivity contribution in [1.82, 2.24) is 9.55 Å². The van der Waals surface area contributed by atoms with Gasteiger partial charge in [-0.1, -0.05) is 53.5 Å². The van der Waals surface area contributed by atoms with Gasteiger partial charge >= 0.3 is 0 Å². The van der Waals surface area contributed by atoms with Crippen LogP contribution in [0.4, 0.5) is 0 Å². The summed E-state index contributed by atoms with van der Waals surface area (Å²) in [6.45, 7) is 0.667. The average molecular weight is 377 g/mol. The number of hydrogen-bond donors (Lipinski definition) is 2. The molecule has 2 aromatic carbocycles. The van der Waals surface area contributed by atoms with Crippen LogP contribution in [0.2, 0.25) is 10.0 Å². The second-order valence-electron chi connectivity index (χ2n) is 5.85. The highest BCUT2D eigenvalue weighted by Gasteiger charge is 2.15. The van der Waals surface area contributed by atoms with E-state index in [1.807, 2.05) is 35.0 Å². The molecule has 2 atom stereocenters. The molecule has 0 aliphatic carbocycles. The third kappa shape index (κ3) is 4.41. The number of aromatic nitrogens is 2. The van der Waals surface area contributed by atoms with Crippen LogP contribution in [0.25, 0.3) is 0 Å². The van der Waals surface area contributed by atoms with Gasteiger partial charge in [-0.15, -0.1) is 0 Å². The average Bonchev–Trinajstić information content (AvgIpc) is 3.15. The van der Waals surface area contributed by atoms with Crippen LogP contribution in [0.5, 0.6) is 0 Å². The summed E-state index contributed by atoms with van der Waals surface area (Å²) in [6, 6.07) is 12.4. The van der Waals surface area contributed by atoms with Gasteiger partial charge < -0.3 is 14.8 Å². The third-order valence-corrected chi connectivity index (χ3v) is 4.83. The van der Waals surface area contributed by atoms with Crippen LogP contribution in [-0.4, -0.2) is 19.8 Å². The number of aliphatic hydroxyl groups excluding tert-OH is 2. The van der Waals surface area contributed by atoms with Gasteiger partial charge in [-0.3, -0.25) is 0 Å². The summed E-state index contributed by atoms with van der Waals surface area (Å²) in [7, 11) is 0. The Labute approximate surface area is 156 Å². The fraction of sp³-hybridized carbons (Fsp3) is 0.211. The molecule has 0 aliphatic rings. The normalized spacial score (nSPS) is 13.6.